The second-order valence-corrected chi connectivity index (χ2v) is 7.35. The first kappa shape index (κ1) is 16.1. The number of aryl methyl sites for hydroxylation is 4. The first-order valence-electron chi connectivity index (χ1n) is 9.20. The molecule has 27 heavy (non-hydrogen) atoms. The lowest BCUT2D eigenvalue weighted by atomic mass is 10.2. The Morgan fingerprint density at radius 2 is 1.74 bits per heavy atom. The highest BCUT2D eigenvalue weighted by molar-refractivity contribution is 5.49. The number of rotatable bonds is 3. The van der Waals surface area contributed by atoms with Crippen molar-refractivity contribution in [3.63, 3.8) is 0 Å². The van der Waals surface area contributed by atoms with Gasteiger partial charge in [0.2, 0.25) is 0 Å². The summed E-state index contributed by atoms with van der Waals surface area (Å²) in [5.41, 5.74) is 4.42. The van der Waals surface area contributed by atoms with E-state index in [0.717, 1.165) is 46.7 Å². The van der Waals surface area contributed by atoms with Crippen molar-refractivity contribution in [3.05, 3.63) is 65.0 Å². The number of fused-ring (bicyclic) bond motifs is 1. The average molecular weight is 359 g/mol. The van der Waals surface area contributed by atoms with Gasteiger partial charge in [0.15, 0.2) is 5.82 Å². The zero-order valence-corrected chi connectivity index (χ0v) is 15.9. The Bertz CT molecular complexity index is 1170. The van der Waals surface area contributed by atoms with Crippen LogP contribution in [0.5, 0.6) is 0 Å². The maximum absolute atomic E-state index is 4.86. The summed E-state index contributed by atoms with van der Waals surface area (Å²) >= 11 is 0. The van der Waals surface area contributed by atoms with E-state index in [1.54, 1.807) is 4.68 Å². The molecule has 1 aliphatic carbocycles. The summed E-state index contributed by atoms with van der Waals surface area (Å²) in [6.45, 7) is 7.85. The molecule has 4 heterocycles. The maximum Gasteiger partial charge on any atom is 0.159 e. The summed E-state index contributed by atoms with van der Waals surface area (Å²) in [7, 11) is 0. The topological polar surface area (TPSA) is 73.8 Å². The van der Waals surface area contributed by atoms with Crippen LogP contribution in [0.4, 0.5) is 0 Å². The van der Waals surface area contributed by atoms with Gasteiger partial charge in [0.05, 0.1) is 11.4 Å². The minimum Gasteiger partial charge on any atom is -0.307 e. The monoisotopic (exact) mass is 359 g/mol. The first-order valence-corrected chi connectivity index (χ1v) is 9.20. The van der Waals surface area contributed by atoms with E-state index < -0.39 is 0 Å². The molecule has 7 heteroatoms. The smallest absolute Gasteiger partial charge is 0.159 e. The summed E-state index contributed by atoms with van der Waals surface area (Å²) in [4.78, 5) is 18.5. The van der Waals surface area contributed by atoms with Gasteiger partial charge in [-0.3, -0.25) is 0 Å². The minimum absolute atomic E-state index is 0.376. The molecule has 0 saturated heterocycles. The third kappa shape index (κ3) is 2.70. The van der Waals surface area contributed by atoms with Crippen molar-refractivity contribution in [1.82, 2.24) is 34.1 Å². The normalized spacial score (nSPS) is 19.0. The molecule has 4 aromatic heterocycles. The van der Waals surface area contributed by atoms with Crippen LogP contribution in [-0.4, -0.2) is 34.1 Å². The number of hydrogen-bond acceptors (Lipinski definition) is 5. The third-order valence-electron chi connectivity index (χ3n) is 5.18. The molecule has 2 unspecified atom stereocenters. The quantitative estimate of drug-likeness (QED) is 0.561. The summed E-state index contributed by atoms with van der Waals surface area (Å²) in [5, 5.41) is 4.46. The minimum atomic E-state index is 0.376. The highest BCUT2D eigenvalue weighted by Gasteiger charge is 2.42. The SMILES string of the molecule is Cc1nc(C2CC2c2cn3cccc(C)c3n2)cc(-n2nc(C)nc2C)n1. The van der Waals surface area contributed by atoms with Gasteiger partial charge in [-0.25, -0.2) is 19.9 Å². The lowest BCUT2D eigenvalue weighted by Gasteiger charge is -2.06. The van der Waals surface area contributed by atoms with Gasteiger partial charge in [-0.1, -0.05) is 6.07 Å². The second kappa shape index (κ2) is 5.70. The van der Waals surface area contributed by atoms with E-state index in [0.29, 0.717) is 11.8 Å². The van der Waals surface area contributed by atoms with Gasteiger partial charge >= 0.3 is 0 Å². The van der Waals surface area contributed by atoms with Crippen molar-refractivity contribution in [3.8, 4) is 5.82 Å². The Kier molecular flexibility index (Phi) is 3.40. The third-order valence-corrected chi connectivity index (χ3v) is 5.18. The van der Waals surface area contributed by atoms with Crippen LogP contribution in [0.15, 0.2) is 30.6 Å². The molecule has 1 fully saturated rings. The molecule has 0 radical (unpaired) electrons. The van der Waals surface area contributed by atoms with E-state index in [-0.39, 0.29) is 0 Å². The van der Waals surface area contributed by atoms with Crippen LogP contribution in [0.1, 0.15) is 52.7 Å². The van der Waals surface area contributed by atoms with E-state index in [9.17, 15) is 0 Å². The molecule has 4 aromatic rings. The van der Waals surface area contributed by atoms with Crippen LogP contribution in [0.2, 0.25) is 0 Å². The lowest BCUT2D eigenvalue weighted by Crippen LogP contribution is -2.06. The Hall–Kier alpha value is -3.09. The molecule has 0 aromatic carbocycles. The van der Waals surface area contributed by atoms with Crippen LogP contribution in [0, 0.1) is 27.7 Å². The van der Waals surface area contributed by atoms with Crippen LogP contribution in [0.3, 0.4) is 0 Å². The molecule has 0 aliphatic heterocycles. The summed E-state index contributed by atoms with van der Waals surface area (Å²) in [6.07, 6.45) is 5.26. The number of imidazole rings is 1. The molecular formula is C20H21N7. The first-order chi connectivity index (χ1) is 13.0. The Morgan fingerprint density at radius 3 is 2.48 bits per heavy atom. The highest BCUT2D eigenvalue weighted by atomic mass is 15.4. The summed E-state index contributed by atoms with van der Waals surface area (Å²) in [5.74, 6) is 3.90. The molecule has 2 atom stereocenters. The predicted octanol–water partition coefficient (Wildman–Crippen LogP) is 3.21. The summed E-state index contributed by atoms with van der Waals surface area (Å²) in [6, 6.07) is 6.19. The molecular weight excluding hydrogens is 338 g/mol. The van der Waals surface area contributed by atoms with Crippen molar-refractivity contribution in [2.24, 2.45) is 0 Å². The molecule has 136 valence electrons. The van der Waals surface area contributed by atoms with Gasteiger partial charge in [-0.05, 0) is 45.7 Å². The van der Waals surface area contributed by atoms with Crippen molar-refractivity contribution in [2.75, 3.05) is 0 Å². The number of hydrogen-bond donors (Lipinski definition) is 0. The van der Waals surface area contributed by atoms with Crippen molar-refractivity contribution in [1.29, 1.82) is 0 Å². The van der Waals surface area contributed by atoms with E-state index in [1.165, 1.54) is 5.56 Å². The molecule has 0 bridgehead atoms. The van der Waals surface area contributed by atoms with Crippen LogP contribution in [-0.2, 0) is 0 Å². The summed E-state index contributed by atoms with van der Waals surface area (Å²) < 4.78 is 3.90. The molecule has 5 rings (SSSR count). The van der Waals surface area contributed by atoms with Gasteiger partial charge in [0.25, 0.3) is 0 Å². The van der Waals surface area contributed by atoms with Crippen molar-refractivity contribution >= 4 is 5.65 Å². The highest BCUT2D eigenvalue weighted by Crippen LogP contribution is 2.53. The average Bonchev–Trinajstić information content (AvgIpc) is 3.18. The van der Waals surface area contributed by atoms with Crippen LogP contribution < -0.4 is 0 Å². The fraction of sp³-hybridized carbons (Fsp3) is 0.350. The van der Waals surface area contributed by atoms with Crippen molar-refractivity contribution < 1.29 is 0 Å². The standard InChI is InChI=1S/C20H21N7/c1-11-6-5-7-26-10-18(24-20(11)26)16-8-15(16)17-9-19(23-12(2)22-17)27-14(4)21-13(3)25-27/h5-7,9-10,15-16H,8H2,1-4H3. The molecule has 0 spiro atoms. The molecule has 7 nitrogen and oxygen atoms in total. The van der Waals surface area contributed by atoms with E-state index >= 15 is 0 Å². The fourth-order valence-electron chi connectivity index (χ4n) is 3.81. The number of aromatic nitrogens is 7. The predicted molar refractivity (Wildman–Crippen MR) is 101 cm³/mol. The Balaban J connectivity index is 1.49. The van der Waals surface area contributed by atoms with Gasteiger partial charge in [-0.2, -0.15) is 4.68 Å². The van der Waals surface area contributed by atoms with Gasteiger partial charge in [-0.15, -0.1) is 5.10 Å². The fourth-order valence-corrected chi connectivity index (χ4v) is 3.81. The second-order valence-electron chi connectivity index (χ2n) is 7.35. The van der Waals surface area contributed by atoms with Crippen LogP contribution >= 0.6 is 0 Å². The van der Waals surface area contributed by atoms with E-state index in [1.807, 2.05) is 26.8 Å². The zero-order chi connectivity index (χ0) is 18.7. The van der Waals surface area contributed by atoms with Gasteiger partial charge in [0, 0.05) is 30.3 Å². The molecule has 0 N–H and O–H groups in total. The molecule has 1 saturated carbocycles. The van der Waals surface area contributed by atoms with E-state index in [4.69, 9.17) is 9.97 Å². The maximum atomic E-state index is 4.86. The Labute approximate surface area is 157 Å². The molecule has 0 amide bonds. The lowest BCUT2D eigenvalue weighted by molar-refractivity contribution is 0.778. The van der Waals surface area contributed by atoms with Crippen molar-refractivity contribution in [2.45, 2.75) is 46.0 Å². The molecule has 1 aliphatic rings. The number of pyridine rings is 1. The van der Waals surface area contributed by atoms with Gasteiger partial charge < -0.3 is 4.40 Å². The van der Waals surface area contributed by atoms with Gasteiger partial charge in [0.1, 0.15) is 23.1 Å². The van der Waals surface area contributed by atoms with Crippen LogP contribution in [0.25, 0.3) is 11.5 Å². The Morgan fingerprint density at radius 1 is 0.926 bits per heavy atom. The largest absolute Gasteiger partial charge is 0.307 e. The number of nitrogens with zero attached hydrogens (tertiary/aromatic N) is 7. The van der Waals surface area contributed by atoms with E-state index in [2.05, 4.69) is 50.9 Å². The zero-order valence-electron chi connectivity index (χ0n) is 15.9.